The second kappa shape index (κ2) is 6.41. The number of nitrogens with one attached hydrogen (secondary N) is 1. The molecule has 0 aliphatic heterocycles. The van der Waals surface area contributed by atoms with Crippen LogP contribution in [0.4, 0.5) is 0 Å². The Hall–Kier alpha value is -2.04. The SMILES string of the molecule is CCOc1cccc(CNC(=O)C2CCC2C(=O)O)c1. The van der Waals surface area contributed by atoms with E-state index in [9.17, 15) is 9.59 Å². The van der Waals surface area contributed by atoms with Gasteiger partial charge in [-0.25, -0.2) is 0 Å². The van der Waals surface area contributed by atoms with Gasteiger partial charge in [0.1, 0.15) is 5.75 Å². The molecule has 5 heteroatoms. The molecule has 5 nitrogen and oxygen atoms in total. The van der Waals surface area contributed by atoms with Crippen LogP contribution >= 0.6 is 0 Å². The standard InChI is InChI=1S/C15H19NO4/c1-2-20-11-5-3-4-10(8-11)9-16-14(17)12-6-7-13(12)15(18)19/h3-5,8,12-13H,2,6-7,9H2,1H3,(H,16,17)(H,18,19). The number of hydrogen-bond acceptors (Lipinski definition) is 3. The van der Waals surface area contributed by atoms with Gasteiger partial charge in [-0.15, -0.1) is 0 Å². The highest BCUT2D eigenvalue weighted by atomic mass is 16.5. The van der Waals surface area contributed by atoms with E-state index in [-0.39, 0.29) is 11.8 Å². The highest BCUT2D eigenvalue weighted by molar-refractivity contribution is 5.86. The lowest BCUT2D eigenvalue weighted by atomic mass is 9.73. The first-order chi connectivity index (χ1) is 9.61. The van der Waals surface area contributed by atoms with E-state index in [2.05, 4.69) is 5.32 Å². The van der Waals surface area contributed by atoms with Crippen LogP contribution in [0, 0.1) is 11.8 Å². The van der Waals surface area contributed by atoms with Gasteiger partial charge in [-0.3, -0.25) is 9.59 Å². The maximum atomic E-state index is 11.9. The molecule has 1 aliphatic carbocycles. The van der Waals surface area contributed by atoms with Crippen LogP contribution in [0.1, 0.15) is 25.3 Å². The summed E-state index contributed by atoms with van der Waals surface area (Å²) in [7, 11) is 0. The third-order valence-electron chi connectivity index (χ3n) is 3.60. The number of carbonyl (C=O) groups is 2. The minimum absolute atomic E-state index is 0.175. The van der Waals surface area contributed by atoms with E-state index in [4.69, 9.17) is 9.84 Å². The maximum absolute atomic E-state index is 11.9. The largest absolute Gasteiger partial charge is 0.494 e. The van der Waals surface area contributed by atoms with Crippen LogP contribution in [0.15, 0.2) is 24.3 Å². The van der Waals surface area contributed by atoms with Gasteiger partial charge in [-0.1, -0.05) is 12.1 Å². The van der Waals surface area contributed by atoms with Crippen LogP contribution in [0.2, 0.25) is 0 Å². The minimum Gasteiger partial charge on any atom is -0.494 e. The number of hydrogen-bond donors (Lipinski definition) is 2. The summed E-state index contributed by atoms with van der Waals surface area (Å²) < 4.78 is 5.39. The van der Waals surface area contributed by atoms with Crippen molar-refractivity contribution in [1.29, 1.82) is 0 Å². The van der Waals surface area contributed by atoms with Crippen molar-refractivity contribution in [3.8, 4) is 5.75 Å². The molecule has 1 amide bonds. The molecule has 108 valence electrons. The highest BCUT2D eigenvalue weighted by Crippen LogP contribution is 2.34. The molecular formula is C15H19NO4. The number of amides is 1. The summed E-state index contributed by atoms with van der Waals surface area (Å²) in [6.07, 6.45) is 1.25. The van der Waals surface area contributed by atoms with Gasteiger partial charge in [0.25, 0.3) is 0 Å². The summed E-state index contributed by atoms with van der Waals surface area (Å²) in [5.41, 5.74) is 0.940. The number of benzene rings is 1. The zero-order valence-electron chi connectivity index (χ0n) is 11.5. The molecule has 2 N–H and O–H groups in total. The molecule has 2 atom stereocenters. The Bertz CT molecular complexity index is 500. The Balaban J connectivity index is 1.87. The molecule has 0 aromatic heterocycles. The molecule has 2 unspecified atom stereocenters. The maximum Gasteiger partial charge on any atom is 0.307 e. The molecular weight excluding hydrogens is 258 g/mol. The lowest BCUT2D eigenvalue weighted by molar-refractivity contribution is -0.152. The average molecular weight is 277 g/mol. The second-order valence-electron chi connectivity index (χ2n) is 4.93. The first-order valence-corrected chi connectivity index (χ1v) is 6.84. The molecule has 0 spiro atoms. The van der Waals surface area contributed by atoms with Crippen LogP contribution in [0.5, 0.6) is 5.75 Å². The number of carboxylic acid groups (broad SMARTS) is 1. The smallest absolute Gasteiger partial charge is 0.307 e. The van der Waals surface area contributed by atoms with Crippen LogP contribution in [0.3, 0.4) is 0 Å². The van der Waals surface area contributed by atoms with Crippen molar-refractivity contribution in [3.05, 3.63) is 29.8 Å². The summed E-state index contributed by atoms with van der Waals surface area (Å²) in [6.45, 7) is 2.90. The fourth-order valence-electron chi connectivity index (χ4n) is 2.34. The fraction of sp³-hybridized carbons (Fsp3) is 0.467. The summed E-state index contributed by atoms with van der Waals surface area (Å²) in [5.74, 6) is -1.20. The van der Waals surface area contributed by atoms with Gasteiger partial charge < -0.3 is 15.2 Å². The zero-order valence-corrected chi connectivity index (χ0v) is 11.5. The molecule has 2 rings (SSSR count). The Morgan fingerprint density at radius 3 is 2.70 bits per heavy atom. The Kier molecular flexibility index (Phi) is 4.61. The van der Waals surface area contributed by atoms with E-state index in [1.54, 1.807) is 0 Å². The predicted molar refractivity (Wildman–Crippen MR) is 73.3 cm³/mol. The Morgan fingerprint density at radius 1 is 1.35 bits per heavy atom. The molecule has 0 radical (unpaired) electrons. The normalized spacial score (nSPS) is 20.9. The second-order valence-corrected chi connectivity index (χ2v) is 4.93. The number of rotatable bonds is 6. The topological polar surface area (TPSA) is 75.6 Å². The number of carbonyl (C=O) groups excluding carboxylic acids is 1. The van der Waals surface area contributed by atoms with Crippen molar-refractivity contribution in [2.24, 2.45) is 11.8 Å². The molecule has 1 aromatic rings. The van der Waals surface area contributed by atoms with Gasteiger partial charge in [-0.05, 0) is 37.5 Å². The average Bonchev–Trinajstić information content (AvgIpc) is 2.35. The van der Waals surface area contributed by atoms with E-state index in [0.717, 1.165) is 11.3 Å². The van der Waals surface area contributed by atoms with Crippen molar-refractivity contribution in [3.63, 3.8) is 0 Å². The predicted octanol–water partition coefficient (Wildman–Crippen LogP) is 1.81. The van der Waals surface area contributed by atoms with Crippen LogP contribution in [-0.4, -0.2) is 23.6 Å². The number of aliphatic carboxylic acids is 1. The zero-order chi connectivity index (χ0) is 14.5. The van der Waals surface area contributed by atoms with Crippen molar-refractivity contribution < 1.29 is 19.4 Å². The molecule has 0 saturated heterocycles. The Morgan fingerprint density at radius 2 is 2.10 bits per heavy atom. The van der Waals surface area contributed by atoms with Crippen LogP contribution in [-0.2, 0) is 16.1 Å². The summed E-state index contributed by atoms with van der Waals surface area (Å²) in [4.78, 5) is 22.8. The molecule has 1 saturated carbocycles. The van der Waals surface area contributed by atoms with Gasteiger partial charge in [0, 0.05) is 6.54 Å². The van der Waals surface area contributed by atoms with Gasteiger partial charge >= 0.3 is 5.97 Å². The van der Waals surface area contributed by atoms with Crippen molar-refractivity contribution in [2.75, 3.05) is 6.61 Å². The quantitative estimate of drug-likeness (QED) is 0.831. The van der Waals surface area contributed by atoms with Crippen molar-refractivity contribution in [2.45, 2.75) is 26.3 Å². The fourth-order valence-corrected chi connectivity index (χ4v) is 2.34. The van der Waals surface area contributed by atoms with E-state index in [0.29, 0.717) is 26.0 Å². The van der Waals surface area contributed by atoms with Crippen molar-refractivity contribution >= 4 is 11.9 Å². The van der Waals surface area contributed by atoms with Gasteiger partial charge in [-0.2, -0.15) is 0 Å². The molecule has 1 aromatic carbocycles. The van der Waals surface area contributed by atoms with E-state index < -0.39 is 11.9 Å². The summed E-state index contributed by atoms with van der Waals surface area (Å²) in [6, 6.07) is 7.51. The van der Waals surface area contributed by atoms with Gasteiger partial charge in [0.05, 0.1) is 18.4 Å². The van der Waals surface area contributed by atoms with E-state index in [1.807, 2.05) is 31.2 Å². The van der Waals surface area contributed by atoms with E-state index in [1.165, 1.54) is 0 Å². The first kappa shape index (κ1) is 14.4. The molecule has 0 heterocycles. The molecule has 0 bridgehead atoms. The first-order valence-electron chi connectivity index (χ1n) is 6.84. The highest BCUT2D eigenvalue weighted by Gasteiger charge is 2.41. The van der Waals surface area contributed by atoms with Crippen LogP contribution < -0.4 is 10.1 Å². The monoisotopic (exact) mass is 277 g/mol. The summed E-state index contributed by atoms with van der Waals surface area (Å²) >= 11 is 0. The third kappa shape index (κ3) is 3.29. The molecule has 1 fully saturated rings. The van der Waals surface area contributed by atoms with Gasteiger partial charge in [0.2, 0.25) is 5.91 Å². The van der Waals surface area contributed by atoms with Crippen LogP contribution in [0.25, 0.3) is 0 Å². The number of ether oxygens (including phenoxy) is 1. The Labute approximate surface area is 117 Å². The minimum atomic E-state index is -0.880. The molecule has 20 heavy (non-hydrogen) atoms. The lowest BCUT2D eigenvalue weighted by Crippen LogP contribution is -2.43. The molecule has 1 aliphatic rings. The number of carboxylic acids is 1. The lowest BCUT2D eigenvalue weighted by Gasteiger charge is -2.31. The van der Waals surface area contributed by atoms with E-state index >= 15 is 0 Å². The van der Waals surface area contributed by atoms with Gasteiger partial charge in [0.15, 0.2) is 0 Å². The summed E-state index contributed by atoms with van der Waals surface area (Å²) in [5, 5.41) is 11.7. The third-order valence-corrected chi connectivity index (χ3v) is 3.60. The van der Waals surface area contributed by atoms with Crippen molar-refractivity contribution in [1.82, 2.24) is 5.32 Å².